The molecule has 0 aliphatic carbocycles. The zero-order valence-corrected chi connectivity index (χ0v) is 16.2. The highest BCUT2D eigenvalue weighted by Gasteiger charge is 2.23. The van der Waals surface area contributed by atoms with Gasteiger partial charge in [0, 0.05) is 30.2 Å². The summed E-state index contributed by atoms with van der Waals surface area (Å²) >= 11 is 6.15. The molecule has 2 rings (SSSR count). The van der Waals surface area contributed by atoms with Crippen molar-refractivity contribution < 1.29 is 14.3 Å². The van der Waals surface area contributed by atoms with Crippen molar-refractivity contribution in [1.82, 2.24) is 0 Å². The lowest BCUT2D eigenvalue weighted by Gasteiger charge is -2.27. The number of hydrogen-bond donors (Lipinski definition) is 0. The fourth-order valence-electron chi connectivity index (χ4n) is 2.72. The summed E-state index contributed by atoms with van der Waals surface area (Å²) in [7, 11) is 1.51. The lowest BCUT2D eigenvalue weighted by atomic mass is 10.1. The van der Waals surface area contributed by atoms with Gasteiger partial charge >= 0.3 is 0 Å². The van der Waals surface area contributed by atoms with E-state index in [4.69, 9.17) is 16.3 Å². The molecular formula is C20H23ClN2O3. The first-order chi connectivity index (χ1) is 12.4. The lowest BCUT2D eigenvalue weighted by Crippen LogP contribution is -2.42. The molecule has 0 atom stereocenters. The molecular weight excluding hydrogens is 352 g/mol. The van der Waals surface area contributed by atoms with Gasteiger partial charge in [-0.3, -0.25) is 14.5 Å². The summed E-state index contributed by atoms with van der Waals surface area (Å²) in [5, 5.41) is 0.542. The average molecular weight is 375 g/mol. The highest BCUT2D eigenvalue weighted by molar-refractivity contribution is 6.31. The van der Waals surface area contributed by atoms with Crippen molar-refractivity contribution in [3.8, 4) is 5.75 Å². The van der Waals surface area contributed by atoms with E-state index in [1.54, 1.807) is 17.0 Å². The number of likely N-dealkylation sites (N-methyl/N-ethyl adjacent to an activating group) is 1. The molecule has 5 nitrogen and oxygen atoms in total. The summed E-state index contributed by atoms with van der Waals surface area (Å²) in [5.41, 5.74) is 2.12. The molecule has 0 bridgehead atoms. The number of nitrogens with zero attached hydrogens (tertiary/aromatic N) is 2. The third-order valence-electron chi connectivity index (χ3n) is 4.11. The smallest absolute Gasteiger partial charge is 0.247 e. The SMILES string of the molecule is CCN(C(=O)CN(C(C)=O)c1cc(C)c(Cl)cc1OC)c1ccccc1. The zero-order chi connectivity index (χ0) is 19.3. The number of rotatable bonds is 6. The van der Waals surface area contributed by atoms with Crippen LogP contribution in [0.4, 0.5) is 11.4 Å². The molecule has 0 fully saturated rings. The van der Waals surface area contributed by atoms with E-state index in [-0.39, 0.29) is 18.4 Å². The van der Waals surface area contributed by atoms with E-state index in [0.29, 0.717) is 23.0 Å². The maximum absolute atomic E-state index is 12.9. The van der Waals surface area contributed by atoms with Crippen molar-refractivity contribution in [2.45, 2.75) is 20.8 Å². The van der Waals surface area contributed by atoms with Gasteiger partial charge in [0.25, 0.3) is 0 Å². The van der Waals surface area contributed by atoms with Gasteiger partial charge in [0.15, 0.2) is 0 Å². The molecule has 0 spiro atoms. The molecule has 2 aromatic carbocycles. The van der Waals surface area contributed by atoms with Gasteiger partial charge in [-0.05, 0) is 37.6 Å². The summed E-state index contributed by atoms with van der Waals surface area (Å²) in [6.45, 7) is 5.58. The summed E-state index contributed by atoms with van der Waals surface area (Å²) < 4.78 is 5.36. The summed E-state index contributed by atoms with van der Waals surface area (Å²) in [5.74, 6) is 0.0254. The molecule has 0 radical (unpaired) electrons. The standard InChI is InChI=1S/C20H23ClN2O3/c1-5-22(16-9-7-6-8-10-16)20(25)13-23(15(3)24)18-11-14(2)17(21)12-19(18)26-4/h6-12H,5,13H2,1-4H3. The number of ether oxygens (including phenoxy) is 1. The van der Waals surface area contributed by atoms with Crippen molar-refractivity contribution in [3.05, 3.63) is 53.1 Å². The molecule has 0 heterocycles. The Balaban J connectivity index is 2.36. The largest absolute Gasteiger partial charge is 0.495 e. The van der Waals surface area contributed by atoms with Crippen LogP contribution in [0.25, 0.3) is 0 Å². The van der Waals surface area contributed by atoms with Gasteiger partial charge < -0.3 is 9.64 Å². The van der Waals surface area contributed by atoms with Gasteiger partial charge in [0.1, 0.15) is 12.3 Å². The summed E-state index contributed by atoms with van der Waals surface area (Å²) in [6, 6.07) is 12.8. The number of aryl methyl sites for hydroxylation is 1. The summed E-state index contributed by atoms with van der Waals surface area (Å²) in [6.07, 6.45) is 0. The van der Waals surface area contributed by atoms with Gasteiger partial charge in [-0.25, -0.2) is 0 Å². The fourth-order valence-corrected chi connectivity index (χ4v) is 2.87. The Morgan fingerprint density at radius 3 is 2.31 bits per heavy atom. The van der Waals surface area contributed by atoms with Gasteiger partial charge in [-0.15, -0.1) is 0 Å². The number of para-hydroxylation sites is 1. The Morgan fingerprint density at radius 1 is 1.12 bits per heavy atom. The molecule has 0 saturated carbocycles. The van der Waals surface area contributed by atoms with Crippen LogP contribution in [0.2, 0.25) is 5.02 Å². The first-order valence-electron chi connectivity index (χ1n) is 8.36. The highest BCUT2D eigenvalue weighted by atomic mass is 35.5. The van der Waals surface area contributed by atoms with Crippen LogP contribution in [-0.2, 0) is 9.59 Å². The van der Waals surface area contributed by atoms with E-state index in [2.05, 4.69) is 0 Å². The number of carbonyl (C=O) groups excluding carboxylic acids is 2. The number of amides is 2. The minimum atomic E-state index is -0.248. The average Bonchev–Trinajstić information content (AvgIpc) is 2.63. The zero-order valence-electron chi connectivity index (χ0n) is 15.5. The molecule has 0 saturated heterocycles. The normalized spacial score (nSPS) is 10.3. The molecule has 0 aliphatic rings. The third-order valence-corrected chi connectivity index (χ3v) is 4.52. The van der Waals surface area contributed by atoms with Crippen LogP contribution >= 0.6 is 11.6 Å². The quantitative estimate of drug-likeness (QED) is 0.766. The van der Waals surface area contributed by atoms with E-state index in [1.165, 1.54) is 18.9 Å². The molecule has 26 heavy (non-hydrogen) atoms. The number of benzene rings is 2. The Labute approximate surface area is 159 Å². The van der Waals surface area contributed by atoms with Crippen LogP contribution in [0.5, 0.6) is 5.75 Å². The van der Waals surface area contributed by atoms with Gasteiger partial charge in [-0.2, -0.15) is 0 Å². The van der Waals surface area contributed by atoms with Crippen LogP contribution in [0, 0.1) is 6.92 Å². The highest BCUT2D eigenvalue weighted by Crippen LogP contribution is 2.34. The van der Waals surface area contributed by atoms with Crippen molar-refractivity contribution in [1.29, 1.82) is 0 Å². The molecule has 0 N–H and O–H groups in total. The molecule has 6 heteroatoms. The molecule has 138 valence electrons. The first-order valence-corrected chi connectivity index (χ1v) is 8.74. The summed E-state index contributed by atoms with van der Waals surface area (Å²) in [4.78, 5) is 28.2. The van der Waals surface area contributed by atoms with Crippen LogP contribution in [-0.4, -0.2) is 32.0 Å². The Bertz CT molecular complexity index is 793. The van der Waals surface area contributed by atoms with E-state index in [1.807, 2.05) is 44.2 Å². The van der Waals surface area contributed by atoms with E-state index in [9.17, 15) is 9.59 Å². The van der Waals surface area contributed by atoms with Gasteiger partial charge in [0.05, 0.1) is 12.8 Å². The fraction of sp³-hybridized carbons (Fsp3) is 0.300. The molecule has 0 aliphatic heterocycles. The van der Waals surface area contributed by atoms with Crippen LogP contribution in [0.3, 0.4) is 0 Å². The van der Waals surface area contributed by atoms with E-state index in [0.717, 1.165) is 11.3 Å². The second-order valence-corrected chi connectivity index (χ2v) is 6.26. The Morgan fingerprint density at radius 2 is 1.77 bits per heavy atom. The predicted octanol–water partition coefficient (Wildman–Crippen LogP) is 4.06. The molecule has 2 aromatic rings. The number of hydrogen-bond acceptors (Lipinski definition) is 3. The van der Waals surface area contributed by atoms with Crippen LogP contribution < -0.4 is 14.5 Å². The van der Waals surface area contributed by atoms with Crippen molar-refractivity contribution in [2.24, 2.45) is 0 Å². The Kier molecular flexibility index (Phi) is 6.64. The monoisotopic (exact) mass is 374 g/mol. The maximum atomic E-state index is 12.9. The van der Waals surface area contributed by atoms with Crippen molar-refractivity contribution in [3.63, 3.8) is 0 Å². The van der Waals surface area contributed by atoms with Crippen LogP contribution in [0.15, 0.2) is 42.5 Å². The van der Waals surface area contributed by atoms with Gasteiger partial charge in [0.2, 0.25) is 11.8 Å². The minimum absolute atomic E-state index is 0.0878. The Hall–Kier alpha value is -2.53. The second-order valence-electron chi connectivity index (χ2n) is 5.85. The number of halogens is 1. The van der Waals surface area contributed by atoms with E-state index < -0.39 is 0 Å². The number of carbonyl (C=O) groups is 2. The van der Waals surface area contributed by atoms with E-state index >= 15 is 0 Å². The predicted molar refractivity (Wildman–Crippen MR) is 105 cm³/mol. The second kappa shape index (κ2) is 8.72. The topological polar surface area (TPSA) is 49.9 Å². The van der Waals surface area contributed by atoms with Gasteiger partial charge in [-0.1, -0.05) is 29.8 Å². The molecule has 0 unspecified atom stereocenters. The number of anilines is 2. The van der Waals surface area contributed by atoms with Crippen molar-refractivity contribution in [2.75, 3.05) is 30.0 Å². The first kappa shape index (κ1) is 19.8. The third kappa shape index (κ3) is 4.35. The minimum Gasteiger partial charge on any atom is -0.495 e. The maximum Gasteiger partial charge on any atom is 0.247 e. The van der Waals surface area contributed by atoms with Crippen molar-refractivity contribution >= 4 is 34.8 Å². The number of methoxy groups -OCH3 is 1. The molecule has 0 aromatic heterocycles. The van der Waals surface area contributed by atoms with Crippen LogP contribution in [0.1, 0.15) is 19.4 Å². The molecule has 2 amide bonds. The lowest BCUT2D eigenvalue weighted by molar-refractivity contribution is -0.121.